The van der Waals surface area contributed by atoms with Crippen LogP contribution in [0.25, 0.3) is 10.9 Å². The summed E-state index contributed by atoms with van der Waals surface area (Å²) >= 11 is 1.11. The van der Waals surface area contributed by atoms with Crippen molar-refractivity contribution in [2.45, 2.75) is 43.7 Å². The van der Waals surface area contributed by atoms with Gasteiger partial charge in [-0.05, 0) is 49.7 Å². The Balaban J connectivity index is 1.41. The summed E-state index contributed by atoms with van der Waals surface area (Å²) in [5, 5.41) is 0.618. The van der Waals surface area contributed by atoms with E-state index in [4.69, 9.17) is 8.92 Å². The molecule has 1 aliphatic heterocycles. The van der Waals surface area contributed by atoms with Gasteiger partial charge in [0.25, 0.3) is 0 Å². The smallest absolute Gasteiger partial charge is 0.416 e. The van der Waals surface area contributed by atoms with Gasteiger partial charge in [0.2, 0.25) is 0 Å². The van der Waals surface area contributed by atoms with Gasteiger partial charge in [-0.25, -0.2) is 0 Å². The zero-order chi connectivity index (χ0) is 22.0. The van der Waals surface area contributed by atoms with Gasteiger partial charge in [0.15, 0.2) is 0 Å². The van der Waals surface area contributed by atoms with Gasteiger partial charge < -0.3 is 8.92 Å². The number of aromatic nitrogens is 1. The van der Waals surface area contributed by atoms with Crippen LogP contribution in [0.5, 0.6) is 5.75 Å². The van der Waals surface area contributed by atoms with Crippen molar-refractivity contribution in [3.8, 4) is 5.75 Å². The molecule has 0 spiro atoms. The average molecular weight is 449 g/mol. The quantitative estimate of drug-likeness (QED) is 0.451. The van der Waals surface area contributed by atoms with Gasteiger partial charge in [-0.3, -0.25) is 9.88 Å². The summed E-state index contributed by atoms with van der Waals surface area (Å²) in [6.07, 6.45) is -2.45. The van der Waals surface area contributed by atoms with E-state index < -0.39 is 11.7 Å². The molecule has 4 rings (SSSR count). The number of hydrogen-bond acceptors (Lipinski definition) is 5. The first-order chi connectivity index (χ1) is 14.8. The molecule has 1 aliphatic rings. The molecule has 3 aromatic rings. The fourth-order valence-corrected chi connectivity index (χ4v) is 4.46. The van der Waals surface area contributed by atoms with Crippen LogP contribution in [0.2, 0.25) is 0 Å². The lowest BCUT2D eigenvalue weighted by molar-refractivity contribution is -0.137. The van der Waals surface area contributed by atoms with Crippen molar-refractivity contribution >= 4 is 22.9 Å². The molecule has 2 heterocycles. The predicted octanol–water partition coefficient (Wildman–Crippen LogP) is 5.95. The van der Waals surface area contributed by atoms with E-state index in [1.165, 1.54) is 17.8 Å². The van der Waals surface area contributed by atoms with Crippen molar-refractivity contribution in [1.82, 2.24) is 9.88 Å². The van der Waals surface area contributed by atoms with Gasteiger partial charge >= 0.3 is 6.18 Å². The van der Waals surface area contributed by atoms with Crippen LogP contribution in [0.1, 0.15) is 25.0 Å². The number of nitrogens with zero attached hydrogens (tertiary/aromatic N) is 2. The summed E-state index contributed by atoms with van der Waals surface area (Å²) in [5.74, 6) is 0.675. The van der Waals surface area contributed by atoms with E-state index in [1.807, 2.05) is 24.3 Å². The van der Waals surface area contributed by atoms with Crippen LogP contribution in [-0.4, -0.2) is 35.2 Å². The third-order valence-electron chi connectivity index (χ3n) is 5.08. The largest absolute Gasteiger partial charge is 0.421 e. The Labute approximate surface area is 183 Å². The number of benzene rings is 2. The molecule has 1 fully saturated rings. The molecule has 0 aliphatic carbocycles. The molecule has 164 valence electrons. The maximum Gasteiger partial charge on any atom is 0.416 e. The van der Waals surface area contributed by atoms with Crippen LogP contribution in [0, 0.1) is 0 Å². The highest BCUT2D eigenvalue weighted by Gasteiger charge is 2.30. The molecule has 0 unspecified atom stereocenters. The molecule has 4 nitrogen and oxygen atoms in total. The van der Waals surface area contributed by atoms with E-state index in [9.17, 15) is 13.2 Å². The van der Waals surface area contributed by atoms with E-state index in [1.54, 1.807) is 6.07 Å². The molecule has 0 amide bonds. The van der Waals surface area contributed by atoms with Gasteiger partial charge in [0.05, 0.1) is 40.2 Å². The van der Waals surface area contributed by atoms with Gasteiger partial charge in [-0.15, -0.1) is 0 Å². The minimum Gasteiger partial charge on any atom is -0.421 e. The van der Waals surface area contributed by atoms with Gasteiger partial charge in [-0.1, -0.05) is 18.2 Å². The molecule has 1 aromatic heterocycles. The number of rotatable bonds is 5. The fraction of sp³-hybridized carbons (Fsp3) is 0.348. The van der Waals surface area contributed by atoms with E-state index in [-0.39, 0.29) is 17.7 Å². The molecular weight excluding hydrogens is 425 g/mol. The van der Waals surface area contributed by atoms with E-state index in [0.29, 0.717) is 16.0 Å². The summed E-state index contributed by atoms with van der Waals surface area (Å²) in [6, 6.07) is 13.2. The van der Waals surface area contributed by atoms with Crippen molar-refractivity contribution in [3.05, 3.63) is 65.9 Å². The van der Waals surface area contributed by atoms with Crippen LogP contribution in [-0.2, 0) is 17.5 Å². The Morgan fingerprint density at radius 3 is 2.45 bits per heavy atom. The van der Waals surface area contributed by atoms with Crippen LogP contribution < -0.4 is 4.18 Å². The molecule has 2 aromatic carbocycles. The Morgan fingerprint density at radius 1 is 1.06 bits per heavy atom. The summed E-state index contributed by atoms with van der Waals surface area (Å²) in [6.45, 7) is 6.84. The summed E-state index contributed by atoms with van der Waals surface area (Å²) in [5.41, 5.74) is 0.760. The fourth-order valence-electron chi connectivity index (χ4n) is 3.79. The first kappa shape index (κ1) is 21.9. The van der Waals surface area contributed by atoms with Crippen LogP contribution >= 0.6 is 12.0 Å². The topological polar surface area (TPSA) is 34.6 Å². The van der Waals surface area contributed by atoms with Crippen LogP contribution in [0.15, 0.2) is 59.6 Å². The standard InChI is InChI=1S/C23H23F3N2O2S/c1-15-12-28(13-16(2)29-15)14-17-3-6-19(7-4-17)30-31-22-9-10-27-21-11-18(23(24,25)26)5-8-20(21)22/h3-11,15-16H,12-14H2,1-2H3/t15-,16+. The summed E-state index contributed by atoms with van der Waals surface area (Å²) in [7, 11) is 0. The molecule has 0 radical (unpaired) electrons. The first-order valence-corrected chi connectivity index (χ1v) is 10.8. The number of alkyl halides is 3. The highest BCUT2D eigenvalue weighted by atomic mass is 32.2. The van der Waals surface area contributed by atoms with E-state index in [2.05, 4.69) is 23.7 Å². The van der Waals surface area contributed by atoms with Gasteiger partial charge in [-0.2, -0.15) is 13.2 Å². The monoisotopic (exact) mass is 448 g/mol. The second kappa shape index (κ2) is 9.06. The SMILES string of the molecule is C[C@@H]1CN(Cc2ccc(OSc3ccnc4cc(C(F)(F)F)ccc34)cc2)C[C@H](C)O1. The van der Waals surface area contributed by atoms with Crippen molar-refractivity contribution in [2.75, 3.05) is 13.1 Å². The number of pyridine rings is 1. The Kier molecular flexibility index (Phi) is 6.41. The summed E-state index contributed by atoms with van der Waals surface area (Å²) < 4.78 is 50.4. The molecule has 1 saturated heterocycles. The zero-order valence-corrected chi connectivity index (χ0v) is 18.0. The number of morpholine rings is 1. The van der Waals surface area contributed by atoms with Crippen molar-refractivity contribution < 1.29 is 22.1 Å². The molecule has 2 atom stereocenters. The number of hydrogen-bond donors (Lipinski definition) is 0. The van der Waals surface area contributed by atoms with E-state index >= 15 is 0 Å². The number of fused-ring (bicyclic) bond motifs is 1. The van der Waals surface area contributed by atoms with Crippen molar-refractivity contribution in [2.24, 2.45) is 0 Å². The lowest BCUT2D eigenvalue weighted by Crippen LogP contribution is -2.44. The summed E-state index contributed by atoms with van der Waals surface area (Å²) in [4.78, 5) is 7.15. The molecule has 0 bridgehead atoms. The molecule has 31 heavy (non-hydrogen) atoms. The third-order valence-corrected chi connectivity index (χ3v) is 5.89. The predicted molar refractivity (Wildman–Crippen MR) is 115 cm³/mol. The highest BCUT2D eigenvalue weighted by Crippen LogP contribution is 2.34. The molecule has 0 N–H and O–H groups in total. The second-order valence-electron chi connectivity index (χ2n) is 7.80. The minimum atomic E-state index is -4.39. The number of ether oxygens (including phenoxy) is 1. The van der Waals surface area contributed by atoms with Crippen LogP contribution in [0.4, 0.5) is 13.2 Å². The molecule has 8 heteroatoms. The van der Waals surface area contributed by atoms with Crippen molar-refractivity contribution in [3.63, 3.8) is 0 Å². The molecule has 0 saturated carbocycles. The Morgan fingerprint density at radius 2 is 1.77 bits per heavy atom. The Hall–Kier alpha value is -2.29. The number of halogens is 3. The lowest BCUT2D eigenvalue weighted by atomic mass is 10.1. The van der Waals surface area contributed by atoms with Gasteiger partial charge in [0, 0.05) is 31.2 Å². The minimum absolute atomic E-state index is 0.227. The van der Waals surface area contributed by atoms with E-state index in [0.717, 1.165) is 43.8 Å². The van der Waals surface area contributed by atoms with Gasteiger partial charge in [0.1, 0.15) is 5.75 Å². The third kappa shape index (κ3) is 5.50. The first-order valence-electron chi connectivity index (χ1n) is 10.0. The van der Waals surface area contributed by atoms with Crippen molar-refractivity contribution in [1.29, 1.82) is 0 Å². The molecular formula is C23H23F3N2O2S. The second-order valence-corrected chi connectivity index (χ2v) is 8.57. The average Bonchev–Trinajstić information content (AvgIpc) is 2.71. The maximum absolute atomic E-state index is 12.9. The zero-order valence-electron chi connectivity index (χ0n) is 17.2. The normalized spacial score (nSPS) is 20.2. The van der Waals surface area contributed by atoms with Crippen LogP contribution in [0.3, 0.4) is 0 Å². The highest BCUT2D eigenvalue weighted by molar-refractivity contribution is 7.95. The maximum atomic E-state index is 12.9. The lowest BCUT2D eigenvalue weighted by Gasteiger charge is -2.35. The Bertz CT molecular complexity index is 1030.